The van der Waals surface area contributed by atoms with Crippen molar-refractivity contribution in [1.29, 1.82) is 0 Å². The van der Waals surface area contributed by atoms with Crippen molar-refractivity contribution < 1.29 is 4.74 Å². The molecule has 0 N–H and O–H groups in total. The Bertz CT molecular complexity index is 985. The summed E-state index contributed by atoms with van der Waals surface area (Å²) in [6.07, 6.45) is 0. The van der Waals surface area contributed by atoms with Gasteiger partial charge in [-0.1, -0.05) is 0 Å². The normalized spacial score (nSPS) is 12.6. The van der Waals surface area contributed by atoms with E-state index in [-0.39, 0.29) is 0 Å². The monoisotopic (exact) mass is 535 g/mol. The van der Waals surface area contributed by atoms with Crippen LogP contribution in [0.2, 0.25) is 14.8 Å². The molecule has 0 aliphatic carbocycles. The van der Waals surface area contributed by atoms with Gasteiger partial charge in [-0.05, 0) is 0 Å². The van der Waals surface area contributed by atoms with Crippen LogP contribution >= 0.6 is 0 Å². The Hall–Kier alpha value is -2.04. The van der Waals surface area contributed by atoms with Crippen molar-refractivity contribution >= 4 is 27.5 Å². The Morgan fingerprint density at radius 3 is 1.69 bits per heavy atom. The van der Waals surface area contributed by atoms with Crippen LogP contribution in [0.15, 0.2) is 84.9 Å². The Morgan fingerprint density at radius 1 is 0.688 bits per heavy atom. The molecule has 0 amide bonds. The van der Waals surface area contributed by atoms with E-state index in [1.807, 2.05) is 0 Å². The Balaban J connectivity index is 2.01. The molecule has 0 spiro atoms. The number of hydrogen-bond acceptors (Lipinski definition) is 2. The summed E-state index contributed by atoms with van der Waals surface area (Å²) < 4.78 is 7.61. The molecular weight excluding hydrogens is 497 g/mol. The molecule has 0 aromatic heterocycles. The van der Waals surface area contributed by atoms with Crippen LogP contribution in [0, 0.1) is 0 Å². The zero-order valence-electron chi connectivity index (χ0n) is 20.3. The van der Waals surface area contributed by atoms with E-state index >= 15 is 0 Å². The van der Waals surface area contributed by atoms with E-state index in [1.165, 1.54) is 22.3 Å². The SMILES string of the molecule is CCN(CC)CCOc1ccc(/C(=[C](\c2ccccc2)[Sn]([CH3])([CH3])[CH3])c2ccccc2)cc1. The molecule has 3 heteroatoms. The number of ether oxygens (including phenoxy) is 1. The van der Waals surface area contributed by atoms with Crippen LogP contribution in [0.1, 0.15) is 30.5 Å². The molecule has 3 aromatic rings. The summed E-state index contributed by atoms with van der Waals surface area (Å²) in [5, 5.41) is 0. The molecule has 0 unspecified atom stereocenters. The van der Waals surface area contributed by atoms with Gasteiger partial charge in [-0.3, -0.25) is 0 Å². The van der Waals surface area contributed by atoms with Gasteiger partial charge in [0.05, 0.1) is 0 Å². The molecule has 0 heterocycles. The van der Waals surface area contributed by atoms with Crippen LogP contribution in [-0.2, 0) is 0 Å². The molecule has 3 aromatic carbocycles. The van der Waals surface area contributed by atoms with Gasteiger partial charge in [0, 0.05) is 0 Å². The zero-order valence-corrected chi connectivity index (χ0v) is 23.1. The number of hydrogen-bond donors (Lipinski definition) is 0. The minimum absolute atomic E-state index is 0.718. The molecule has 0 atom stereocenters. The van der Waals surface area contributed by atoms with Crippen LogP contribution in [0.4, 0.5) is 0 Å². The molecule has 0 radical (unpaired) electrons. The molecule has 0 aliphatic heterocycles. The summed E-state index contributed by atoms with van der Waals surface area (Å²) in [5.41, 5.74) is 5.27. The number of rotatable bonds is 10. The zero-order chi connectivity index (χ0) is 23.0. The molecule has 168 valence electrons. The average molecular weight is 534 g/mol. The van der Waals surface area contributed by atoms with E-state index in [9.17, 15) is 0 Å². The van der Waals surface area contributed by atoms with E-state index < -0.39 is 18.4 Å². The van der Waals surface area contributed by atoms with Gasteiger partial charge in [-0.2, -0.15) is 0 Å². The van der Waals surface area contributed by atoms with Crippen LogP contribution in [0.3, 0.4) is 0 Å². The maximum absolute atomic E-state index is 6.05. The van der Waals surface area contributed by atoms with Crippen molar-refractivity contribution in [3.05, 3.63) is 102 Å². The van der Waals surface area contributed by atoms with Crippen LogP contribution in [0.5, 0.6) is 5.75 Å². The molecule has 0 fully saturated rings. The third kappa shape index (κ3) is 6.49. The van der Waals surface area contributed by atoms with E-state index in [1.54, 1.807) is 3.59 Å². The second-order valence-electron chi connectivity index (χ2n) is 9.13. The first-order valence-corrected chi connectivity index (χ1v) is 21.7. The van der Waals surface area contributed by atoms with Gasteiger partial charge in [0.2, 0.25) is 0 Å². The fourth-order valence-electron chi connectivity index (χ4n) is 4.17. The molecule has 0 bridgehead atoms. The quantitative estimate of drug-likeness (QED) is 0.201. The first kappa shape index (κ1) is 24.6. The molecule has 3 rings (SSSR count). The summed E-state index contributed by atoms with van der Waals surface area (Å²) in [4.78, 5) is 9.90. The van der Waals surface area contributed by atoms with Crippen molar-refractivity contribution in [3.8, 4) is 5.75 Å². The van der Waals surface area contributed by atoms with E-state index in [0.717, 1.165) is 32.0 Å². The van der Waals surface area contributed by atoms with Gasteiger partial charge < -0.3 is 0 Å². The maximum atomic E-state index is 6.05. The van der Waals surface area contributed by atoms with Crippen molar-refractivity contribution in [3.63, 3.8) is 0 Å². The second-order valence-corrected chi connectivity index (χ2v) is 23.4. The summed E-state index contributed by atoms with van der Waals surface area (Å²) >= 11 is -2.51. The molecular formula is C29H37NOSn. The molecule has 0 saturated heterocycles. The van der Waals surface area contributed by atoms with Gasteiger partial charge >= 0.3 is 199 Å². The first-order valence-electron chi connectivity index (χ1n) is 11.7. The third-order valence-corrected chi connectivity index (χ3v) is 11.7. The van der Waals surface area contributed by atoms with Gasteiger partial charge in [0.25, 0.3) is 0 Å². The number of likely N-dealkylation sites (N-methyl/N-ethyl adjacent to an activating group) is 1. The van der Waals surface area contributed by atoms with Gasteiger partial charge in [-0.15, -0.1) is 0 Å². The molecule has 0 aliphatic rings. The van der Waals surface area contributed by atoms with Crippen molar-refractivity contribution in [1.82, 2.24) is 4.90 Å². The Kier molecular flexibility index (Phi) is 9.00. The molecule has 0 saturated carbocycles. The standard InChI is InChI=1S/C26H28NO.3CH3.Sn/c1-3-27(4-2)19-20-28-25-17-15-24(16-18-25)26(23-13-9-6-10-14-23)21-22-11-7-5-8-12-22;;;;/h5-18H,3-4,19-20H2,1-2H3;3*1H3;. The van der Waals surface area contributed by atoms with E-state index in [2.05, 4.69) is 118 Å². The summed E-state index contributed by atoms with van der Waals surface area (Å²) in [7, 11) is 0. The minimum atomic E-state index is -2.51. The second kappa shape index (κ2) is 11.7. The van der Waals surface area contributed by atoms with Gasteiger partial charge in [0.15, 0.2) is 0 Å². The van der Waals surface area contributed by atoms with Gasteiger partial charge in [-0.25, -0.2) is 0 Å². The topological polar surface area (TPSA) is 12.5 Å². The summed E-state index contributed by atoms with van der Waals surface area (Å²) in [5.74, 6) is 0.939. The predicted octanol–water partition coefficient (Wildman–Crippen LogP) is 7.24. The summed E-state index contributed by atoms with van der Waals surface area (Å²) in [6, 6.07) is 30.5. The van der Waals surface area contributed by atoms with Crippen molar-refractivity contribution in [2.75, 3.05) is 26.2 Å². The average Bonchev–Trinajstić information content (AvgIpc) is 2.81. The Labute approximate surface area is 198 Å². The number of benzene rings is 3. The van der Waals surface area contributed by atoms with Crippen molar-refractivity contribution in [2.24, 2.45) is 0 Å². The fourth-order valence-corrected chi connectivity index (χ4v) is 10.1. The third-order valence-electron chi connectivity index (χ3n) is 5.84. The number of nitrogens with zero attached hydrogens (tertiary/aromatic N) is 1. The van der Waals surface area contributed by atoms with Crippen LogP contribution in [-0.4, -0.2) is 49.5 Å². The van der Waals surface area contributed by atoms with Crippen LogP contribution < -0.4 is 4.74 Å². The van der Waals surface area contributed by atoms with Crippen molar-refractivity contribution in [2.45, 2.75) is 28.7 Å². The first-order chi connectivity index (χ1) is 15.4. The molecule has 2 nitrogen and oxygen atoms in total. The van der Waals surface area contributed by atoms with E-state index in [4.69, 9.17) is 4.74 Å². The molecule has 32 heavy (non-hydrogen) atoms. The van der Waals surface area contributed by atoms with E-state index in [0.29, 0.717) is 0 Å². The predicted molar refractivity (Wildman–Crippen MR) is 142 cm³/mol. The van der Waals surface area contributed by atoms with Gasteiger partial charge in [0.1, 0.15) is 0 Å². The van der Waals surface area contributed by atoms with Crippen LogP contribution in [0.25, 0.3) is 9.16 Å². The fraction of sp³-hybridized carbons (Fsp3) is 0.310. The Morgan fingerprint density at radius 2 is 1.19 bits per heavy atom. The summed E-state index contributed by atoms with van der Waals surface area (Å²) in [6.45, 7) is 8.19.